The molecule has 0 saturated carbocycles. The third kappa shape index (κ3) is 4.71. The van der Waals surface area contributed by atoms with E-state index < -0.39 is 5.41 Å². The van der Waals surface area contributed by atoms with Crippen LogP contribution < -0.4 is 11.1 Å². The van der Waals surface area contributed by atoms with Gasteiger partial charge < -0.3 is 15.8 Å². The van der Waals surface area contributed by atoms with Crippen molar-refractivity contribution in [1.29, 1.82) is 0 Å². The van der Waals surface area contributed by atoms with E-state index in [1.807, 2.05) is 0 Å². The van der Waals surface area contributed by atoms with Crippen LogP contribution in [0.15, 0.2) is 24.3 Å². The molecule has 1 fully saturated rings. The molecule has 4 nitrogen and oxygen atoms in total. The molecule has 0 unspecified atom stereocenters. The highest BCUT2D eigenvalue weighted by Crippen LogP contribution is 2.30. The molecule has 1 saturated heterocycles. The Morgan fingerprint density at radius 3 is 2.33 bits per heavy atom. The van der Waals surface area contributed by atoms with Crippen molar-refractivity contribution in [1.82, 2.24) is 5.32 Å². The lowest BCUT2D eigenvalue weighted by Gasteiger charge is -2.36. The Hall–Kier alpha value is -1.10. The Balaban J connectivity index is 0.00000288. The molecule has 0 aliphatic carbocycles. The zero-order chi connectivity index (χ0) is 16.9. The number of aryl methyl sites for hydroxylation is 1. The number of hydrogen-bond donors (Lipinski definition) is 2. The van der Waals surface area contributed by atoms with Crippen LogP contribution in [0.5, 0.6) is 0 Å². The molecule has 5 heteroatoms. The fraction of sp³-hybridized carbons (Fsp3) is 0.632. The van der Waals surface area contributed by atoms with E-state index >= 15 is 0 Å². The molecule has 136 valence electrons. The summed E-state index contributed by atoms with van der Waals surface area (Å²) in [5.74, 6) is 0.0709. The molecule has 1 aliphatic rings. The van der Waals surface area contributed by atoms with E-state index in [4.69, 9.17) is 10.5 Å². The smallest absolute Gasteiger partial charge is 0.227 e. The average molecular weight is 355 g/mol. The van der Waals surface area contributed by atoms with Crippen molar-refractivity contribution >= 4 is 18.3 Å². The molecular formula is C19H31ClN2O2. The van der Waals surface area contributed by atoms with Gasteiger partial charge in [-0.25, -0.2) is 0 Å². The predicted molar refractivity (Wildman–Crippen MR) is 101 cm³/mol. The SMILES string of the molecule is CCc1ccc(C(C)(C)CNC(=O)C2(CN)CCOCC2)cc1.Cl. The molecule has 0 atom stereocenters. The van der Waals surface area contributed by atoms with Gasteiger partial charge in [-0.1, -0.05) is 45.0 Å². The number of hydrogen-bond acceptors (Lipinski definition) is 3. The number of carbonyl (C=O) groups is 1. The summed E-state index contributed by atoms with van der Waals surface area (Å²) in [7, 11) is 0. The summed E-state index contributed by atoms with van der Waals surface area (Å²) in [4.78, 5) is 12.7. The zero-order valence-electron chi connectivity index (χ0n) is 15.1. The van der Waals surface area contributed by atoms with Gasteiger partial charge >= 0.3 is 0 Å². The van der Waals surface area contributed by atoms with Crippen LogP contribution >= 0.6 is 12.4 Å². The number of halogens is 1. The summed E-state index contributed by atoms with van der Waals surface area (Å²) in [6, 6.07) is 8.66. The first kappa shape index (κ1) is 20.9. The largest absolute Gasteiger partial charge is 0.381 e. The Morgan fingerprint density at radius 1 is 1.25 bits per heavy atom. The minimum absolute atomic E-state index is 0. The maximum Gasteiger partial charge on any atom is 0.227 e. The van der Waals surface area contributed by atoms with Gasteiger partial charge in [-0.05, 0) is 30.4 Å². The van der Waals surface area contributed by atoms with Crippen molar-refractivity contribution in [2.24, 2.45) is 11.1 Å². The van der Waals surface area contributed by atoms with Gasteiger partial charge in [0.25, 0.3) is 0 Å². The lowest BCUT2D eigenvalue weighted by atomic mass is 9.78. The summed E-state index contributed by atoms with van der Waals surface area (Å²) >= 11 is 0. The molecule has 24 heavy (non-hydrogen) atoms. The normalized spacial score (nSPS) is 17.0. The first-order valence-electron chi connectivity index (χ1n) is 8.59. The van der Waals surface area contributed by atoms with Crippen molar-refractivity contribution in [3.8, 4) is 0 Å². The highest BCUT2D eigenvalue weighted by molar-refractivity contribution is 5.85. The Labute approximate surface area is 151 Å². The van der Waals surface area contributed by atoms with Gasteiger partial charge in [-0.15, -0.1) is 12.4 Å². The fourth-order valence-electron chi connectivity index (χ4n) is 3.07. The van der Waals surface area contributed by atoms with Crippen molar-refractivity contribution in [2.75, 3.05) is 26.3 Å². The molecule has 1 amide bonds. The summed E-state index contributed by atoms with van der Waals surface area (Å²) in [6.07, 6.45) is 2.46. The van der Waals surface area contributed by atoms with Crippen LogP contribution in [0.3, 0.4) is 0 Å². The van der Waals surface area contributed by atoms with E-state index in [1.54, 1.807) is 0 Å². The Kier molecular flexibility index (Phi) is 7.71. The number of ether oxygens (including phenoxy) is 1. The lowest BCUT2D eigenvalue weighted by molar-refractivity contribution is -0.136. The van der Waals surface area contributed by atoms with Crippen LogP contribution in [0.25, 0.3) is 0 Å². The quantitative estimate of drug-likeness (QED) is 0.825. The number of nitrogens with two attached hydrogens (primary N) is 1. The van der Waals surface area contributed by atoms with E-state index in [2.05, 4.69) is 50.4 Å². The lowest BCUT2D eigenvalue weighted by Crippen LogP contribution is -2.51. The summed E-state index contributed by atoms with van der Waals surface area (Å²) in [5.41, 5.74) is 7.91. The van der Waals surface area contributed by atoms with Gasteiger partial charge in [-0.3, -0.25) is 4.79 Å². The van der Waals surface area contributed by atoms with Crippen LogP contribution in [0.1, 0.15) is 44.7 Å². The van der Waals surface area contributed by atoms with Crippen LogP contribution in [0, 0.1) is 5.41 Å². The molecule has 0 aromatic heterocycles. The second kappa shape index (κ2) is 8.84. The second-order valence-electron chi connectivity index (χ2n) is 7.21. The molecule has 0 bridgehead atoms. The average Bonchev–Trinajstić information content (AvgIpc) is 2.60. The van der Waals surface area contributed by atoms with Crippen LogP contribution in [-0.2, 0) is 21.4 Å². The molecule has 0 radical (unpaired) electrons. The van der Waals surface area contributed by atoms with Crippen LogP contribution in [0.2, 0.25) is 0 Å². The second-order valence-corrected chi connectivity index (χ2v) is 7.21. The van der Waals surface area contributed by atoms with Gasteiger partial charge in [-0.2, -0.15) is 0 Å². The maximum absolute atomic E-state index is 12.7. The van der Waals surface area contributed by atoms with Crippen LogP contribution in [0.4, 0.5) is 0 Å². The molecule has 1 heterocycles. The number of benzene rings is 1. The van der Waals surface area contributed by atoms with Crippen molar-refractivity contribution < 1.29 is 9.53 Å². The molecule has 2 rings (SSSR count). The van der Waals surface area contributed by atoms with E-state index in [-0.39, 0.29) is 23.7 Å². The van der Waals surface area contributed by atoms with Crippen molar-refractivity contribution in [2.45, 2.75) is 45.4 Å². The van der Waals surface area contributed by atoms with Gasteiger partial charge in [0.05, 0.1) is 5.41 Å². The van der Waals surface area contributed by atoms with E-state index in [0.717, 1.165) is 6.42 Å². The van der Waals surface area contributed by atoms with E-state index in [1.165, 1.54) is 11.1 Å². The number of nitrogens with one attached hydrogen (secondary N) is 1. The first-order valence-corrected chi connectivity index (χ1v) is 8.59. The zero-order valence-corrected chi connectivity index (χ0v) is 15.9. The third-order valence-corrected chi connectivity index (χ3v) is 5.16. The molecule has 1 aromatic rings. The molecule has 0 spiro atoms. The van der Waals surface area contributed by atoms with Crippen molar-refractivity contribution in [3.05, 3.63) is 35.4 Å². The highest BCUT2D eigenvalue weighted by Gasteiger charge is 2.39. The number of rotatable bonds is 6. The Bertz CT molecular complexity index is 523. The maximum atomic E-state index is 12.7. The summed E-state index contributed by atoms with van der Waals surface area (Å²) in [6.45, 7) is 8.70. The van der Waals surface area contributed by atoms with E-state index in [0.29, 0.717) is 39.1 Å². The van der Waals surface area contributed by atoms with Crippen molar-refractivity contribution in [3.63, 3.8) is 0 Å². The highest BCUT2D eigenvalue weighted by atomic mass is 35.5. The number of carbonyl (C=O) groups excluding carboxylic acids is 1. The summed E-state index contributed by atoms with van der Waals surface area (Å²) in [5, 5.41) is 3.14. The van der Waals surface area contributed by atoms with Gasteiger partial charge in [0, 0.05) is 31.7 Å². The number of amides is 1. The Morgan fingerprint density at radius 2 is 1.83 bits per heavy atom. The molecular weight excluding hydrogens is 324 g/mol. The predicted octanol–water partition coefficient (Wildman–Crippen LogP) is 2.82. The van der Waals surface area contributed by atoms with Gasteiger partial charge in [0.15, 0.2) is 0 Å². The van der Waals surface area contributed by atoms with Gasteiger partial charge in [0.1, 0.15) is 0 Å². The standard InChI is InChI=1S/C19H30N2O2.ClH/c1-4-15-5-7-16(8-6-15)18(2,3)14-21-17(22)19(13-20)9-11-23-12-10-19;/h5-8H,4,9-14,20H2,1-3H3,(H,21,22);1H. The molecule has 1 aromatic carbocycles. The third-order valence-electron chi connectivity index (χ3n) is 5.16. The fourth-order valence-corrected chi connectivity index (χ4v) is 3.07. The first-order chi connectivity index (χ1) is 10.9. The van der Waals surface area contributed by atoms with E-state index in [9.17, 15) is 4.79 Å². The minimum atomic E-state index is -0.458. The summed E-state index contributed by atoms with van der Waals surface area (Å²) < 4.78 is 5.38. The topological polar surface area (TPSA) is 64.4 Å². The monoisotopic (exact) mass is 354 g/mol. The van der Waals surface area contributed by atoms with Gasteiger partial charge in [0.2, 0.25) is 5.91 Å². The molecule has 1 aliphatic heterocycles. The van der Waals surface area contributed by atoms with Crippen LogP contribution in [-0.4, -0.2) is 32.2 Å². The minimum Gasteiger partial charge on any atom is -0.381 e. The molecule has 3 N–H and O–H groups in total.